The van der Waals surface area contributed by atoms with Gasteiger partial charge in [-0.3, -0.25) is 0 Å². The number of aliphatic hydroxyl groups is 1. The molecule has 0 radical (unpaired) electrons. The molecule has 3 atom stereocenters. The highest BCUT2D eigenvalue weighted by molar-refractivity contribution is 9.10. The Kier molecular flexibility index (Phi) is 4.17. The molecule has 0 aliphatic carbocycles. The number of hydrogen-bond donors (Lipinski definition) is 1. The lowest BCUT2D eigenvalue weighted by Gasteiger charge is -2.18. The topological polar surface area (TPSA) is 29.5 Å². The summed E-state index contributed by atoms with van der Waals surface area (Å²) in [4.78, 5) is 0. The third kappa shape index (κ3) is 3.27. The van der Waals surface area contributed by atoms with E-state index in [1.54, 1.807) is 12.1 Å². The highest BCUT2D eigenvalue weighted by atomic mass is 79.9. The first-order valence-corrected chi connectivity index (χ1v) is 6.63. The Labute approximate surface area is 109 Å². The molecule has 3 unspecified atom stereocenters. The monoisotopic (exact) mass is 302 g/mol. The number of aliphatic hydroxyl groups excluding tert-OH is 1. The highest BCUT2D eigenvalue weighted by Crippen LogP contribution is 2.24. The van der Waals surface area contributed by atoms with Crippen LogP contribution in [-0.4, -0.2) is 23.4 Å². The molecule has 1 aromatic rings. The van der Waals surface area contributed by atoms with Crippen molar-refractivity contribution < 1.29 is 14.2 Å². The van der Waals surface area contributed by atoms with Gasteiger partial charge in [0.05, 0.1) is 18.3 Å². The Morgan fingerprint density at radius 1 is 1.53 bits per heavy atom. The molecule has 2 rings (SSSR count). The van der Waals surface area contributed by atoms with Crippen LogP contribution in [0.2, 0.25) is 0 Å². The summed E-state index contributed by atoms with van der Waals surface area (Å²) in [6, 6.07) is 4.89. The van der Waals surface area contributed by atoms with E-state index < -0.39 is 6.10 Å². The first-order chi connectivity index (χ1) is 8.06. The second-order valence-electron chi connectivity index (χ2n) is 4.57. The molecular formula is C13H16BrFO2. The van der Waals surface area contributed by atoms with E-state index in [4.69, 9.17) is 4.74 Å². The van der Waals surface area contributed by atoms with E-state index in [2.05, 4.69) is 15.9 Å². The molecule has 17 heavy (non-hydrogen) atoms. The van der Waals surface area contributed by atoms with Crippen LogP contribution in [0.15, 0.2) is 22.7 Å². The van der Waals surface area contributed by atoms with Gasteiger partial charge < -0.3 is 9.84 Å². The van der Waals surface area contributed by atoms with Crippen molar-refractivity contribution >= 4 is 15.9 Å². The molecule has 0 spiro atoms. The summed E-state index contributed by atoms with van der Waals surface area (Å²) in [5, 5.41) is 10.0. The fourth-order valence-corrected chi connectivity index (χ4v) is 2.49. The van der Waals surface area contributed by atoms with Crippen LogP contribution in [0.25, 0.3) is 0 Å². The maximum absolute atomic E-state index is 13.6. The number of halogens is 2. The number of hydrogen-bond acceptors (Lipinski definition) is 2. The van der Waals surface area contributed by atoms with E-state index in [9.17, 15) is 9.50 Å². The summed E-state index contributed by atoms with van der Waals surface area (Å²) in [5.41, 5.74) is 0.531. The Morgan fingerprint density at radius 3 is 2.88 bits per heavy atom. The van der Waals surface area contributed by atoms with E-state index >= 15 is 0 Å². The van der Waals surface area contributed by atoms with E-state index in [0.717, 1.165) is 12.8 Å². The van der Waals surface area contributed by atoms with Crippen molar-refractivity contribution in [2.24, 2.45) is 0 Å². The van der Waals surface area contributed by atoms with Gasteiger partial charge in [-0.2, -0.15) is 0 Å². The molecule has 0 amide bonds. The standard InChI is InChI=1S/C13H16BrFO2/c1-8-2-5-13(17-8)12(16)6-9-3-4-10(14)7-11(9)15/h3-4,7-8,12-13,16H,2,5-6H2,1H3. The Balaban J connectivity index is 2.00. The van der Waals surface area contributed by atoms with Crippen LogP contribution in [0.3, 0.4) is 0 Å². The smallest absolute Gasteiger partial charge is 0.127 e. The summed E-state index contributed by atoms with van der Waals surface area (Å²) in [7, 11) is 0. The van der Waals surface area contributed by atoms with E-state index in [1.165, 1.54) is 6.07 Å². The number of rotatable bonds is 3. The SMILES string of the molecule is CC1CCC(C(O)Cc2ccc(Br)cc2F)O1. The van der Waals surface area contributed by atoms with Crippen LogP contribution in [0.1, 0.15) is 25.3 Å². The largest absolute Gasteiger partial charge is 0.390 e. The van der Waals surface area contributed by atoms with Crippen LogP contribution < -0.4 is 0 Å². The minimum atomic E-state index is -0.629. The van der Waals surface area contributed by atoms with Crippen molar-refractivity contribution in [2.45, 2.75) is 44.5 Å². The molecule has 1 heterocycles. The molecule has 1 aliphatic rings. The Morgan fingerprint density at radius 2 is 2.29 bits per heavy atom. The molecule has 1 aromatic carbocycles. The second kappa shape index (κ2) is 5.46. The number of ether oxygens (including phenoxy) is 1. The van der Waals surface area contributed by atoms with Gasteiger partial charge in [0.15, 0.2) is 0 Å². The summed E-state index contributed by atoms with van der Waals surface area (Å²) in [6.45, 7) is 1.99. The quantitative estimate of drug-likeness (QED) is 0.930. The maximum atomic E-state index is 13.6. The molecule has 0 bridgehead atoms. The van der Waals surface area contributed by atoms with E-state index in [0.29, 0.717) is 16.5 Å². The Bertz CT molecular complexity index is 397. The molecule has 94 valence electrons. The minimum Gasteiger partial charge on any atom is -0.390 e. The van der Waals surface area contributed by atoms with Gasteiger partial charge in [-0.25, -0.2) is 4.39 Å². The van der Waals surface area contributed by atoms with Crippen LogP contribution in [0, 0.1) is 5.82 Å². The Hall–Kier alpha value is -0.450. The summed E-state index contributed by atoms with van der Waals surface area (Å²) in [5.74, 6) is -0.288. The lowest BCUT2D eigenvalue weighted by atomic mass is 10.0. The van der Waals surface area contributed by atoms with Gasteiger partial charge in [-0.15, -0.1) is 0 Å². The summed E-state index contributed by atoms with van der Waals surface area (Å²) in [6.07, 6.45) is 1.52. The van der Waals surface area contributed by atoms with Crippen LogP contribution in [0.5, 0.6) is 0 Å². The minimum absolute atomic E-state index is 0.159. The molecule has 0 aromatic heterocycles. The van der Waals surface area contributed by atoms with E-state index in [-0.39, 0.29) is 18.0 Å². The zero-order chi connectivity index (χ0) is 12.4. The van der Waals surface area contributed by atoms with Crippen molar-refractivity contribution in [3.63, 3.8) is 0 Å². The molecule has 1 fully saturated rings. The normalized spacial score (nSPS) is 26.1. The molecule has 2 nitrogen and oxygen atoms in total. The third-order valence-corrected chi connectivity index (χ3v) is 3.63. The summed E-state index contributed by atoms with van der Waals surface area (Å²) < 4.78 is 19.9. The summed E-state index contributed by atoms with van der Waals surface area (Å²) >= 11 is 3.21. The van der Waals surface area contributed by atoms with Gasteiger partial charge in [-0.05, 0) is 37.5 Å². The van der Waals surface area contributed by atoms with Crippen molar-refractivity contribution in [2.75, 3.05) is 0 Å². The van der Waals surface area contributed by atoms with Crippen molar-refractivity contribution in [3.8, 4) is 0 Å². The first-order valence-electron chi connectivity index (χ1n) is 5.83. The predicted octanol–water partition coefficient (Wildman–Crippen LogP) is 3.06. The van der Waals surface area contributed by atoms with E-state index in [1.807, 2.05) is 6.92 Å². The van der Waals surface area contributed by atoms with Gasteiger partial charge in [0, 0.05) is 10.9 Å². The second-order valence-corrected chi connectivity index (χ2v) is 5.49. The van der Waals surface area contributed by atoms with Crippen molar-refractivity contribution in [3.05, 3.63) is 34.1 Å². The lowest BCUT2D eigenvalue weighted by molar-refractivity contribution is -0.0281. The van der Waals surface area contributed by atoms with Gasteiger partial charge in [0.2, 0.25) is 0 Å². The predicted molar refractivity (Wildman–Crippen MR) is 67.4 cm³/mol. The van der Waals surface area contributed by atoms with Crippen LogP contribution in [-0.2, 0) is 11.2 Å². The fraction of sp³-hybridized carbons (Fsp3) is 0.538. The maximum Gasteiger partial charge on any atom is 0.127 e. The molecule has 4 heteroatoms. The average Bonchev–Trinajstić information content (AvgIpc) is 2.69. The van der Waals surface area contributed by atoms with Gasteiger partial charge in [-0.1, -0.05) is 22.0 Å². The molecule has 1 aliphatic heterocycles. The zero-order valence-corrected chi connectivity index (χ0v) is 11.3. The van der Waals surface area contributed by atoms with Gasteiger partial charge in [0.25, 0.3) is 0 Å². The van der Waals surface area contributed by atoms with Crippen LogP contribution >= 0.6 is 15.9 Å². The average molecular weight is 303 g/mol. The van der Waals surface area contributed by atoms with Crippen molar-refractivity contribution in [1.29, 1.82) is 0 Å². The lowest BCUT2D eigenvalue weighted by Crippen LogP contribution is -2.28. The molecular weight excluding hydrogens is 287 g/mol. The zero-order valence-electron chi connectivity index (χ0n) is 9.70. The highest BCUT2D eigenvalue weighted by Gasteiger charge is 2.28. The van der Waals surface area contributed by atoms with Gasteiger partial charge in [0.1, 0.15) is 5.82 Å². The molecule has 1 N–H and O–H groups in total. The first kappa shape index (κ1) is 13.0. The van der Waals surface area contributed by atoms with Crippen LogP contribution in [0.4, 0.5) is 4.39 Å². The number of benzene rings is 1. The fourth-order valence-electron chi connectivity index (χ4n) is 2.16. The van der Waals surface area contributed by atoms with Gasteiger partial charge >= 0.3 is 0 Å². The molecule has 0 saturated carbocycles. The molecule has 1 saturated heterocycles. The third-order valence-electron chi connectivity index (χ3n) is 3.14. The van der Waals surface area contributed by atoms with Crippen molar-refractivity contribution in [1.82, 2.24) is 0 Å².